The number of aryl methyl sites for hydroxylation is 1. The van der Waals surface area contributed by atoms with Gasteiger partial charge >= 0.3 is 0 Å². The van der Waals surface area contributed by atoms with Gasteiger partial charge in [0.15, 0.2) is 0 Å². The van der Waals surface area contributed by atoms with Crippen LogP contribution in [0.2, 0.25) is 0 Å². The van der Waals surface area contributed by atoms with Gasteiger partial charge in [-0.3, -0.25) is 4.98 Å². The van der Waals surface area contributed by atoms with Gasteiger partial charge in [0.25, 0.3) is 0 Å². The highest BCUT2D eigenvalue weighted by Crippen LogP contribution is 2.43. The van der Waals surface area contributed by atoms with E-state index in [0.717, 1.165) is 56.1 Å². The largest absolute Gasteiger partial charge is 0.302 e. The summed E-state index contributed by atoms with van der Waals surface area (Å²) in [7, 11) is 0. The number of halogens is 2. The third-order valence-electron chi connectivity index (χ3n) is 6.30. The Morgan fingerprint density at radius 1 is 1.11 bits per heavy atom. The SMILES string of the molecule is CCCCCCC1CC1CN1CCc2ccc(CCC(C)(F)F)nc2CC1. The summed E-state index contributed by atoms with van der Waals surface area (Å²) in [6.07, 6.45) is 10.6. The molecule has 0 radical (unpaired) electrons. The zero-order valence-electron chi connectivity index (χ0n) is 17.2. The van der Waals surface area contributed by atoms with E-state index in [0.29, 0.717) is 6.42 Å². The Hall–Kier alpha value is -1.03. The van der Waals surface area contributed by atoms with Crippen LogP contribution in [0.1, 0.15) is 75.7 Å². The van der Waals surface area contributed by atoms with Crippen molar-refractivity contribution in [3.63, 3.8) is 0 Å². The number of unbranched alkanes of at least 4 members (excludes halogenated alkanes) is 3. The lowest BCUT2D eigenvalue weighted by Gasteiger charge is -2.19. The molecule has 27 heavy (non-hydrogen) atoms. The molecule has 1 aromatic heterocycles. The Morgan fingerprint density at radius 2 is 1.93 bits per heavy atom. The highest BCUT2D eigenvalue weighted by atomic mass is 19.3. The van der Waals surface area contributed by atoms with E-state index in [1.54, 1.807) is 0 Å². The van der Waals surface area contributed by atoms with Gasteiger partial charge in [0.05, 0.1) is 0 Å². The monoisotopic (exact) mass is 378 g/mol. The van der Waals surface area contributed by atoms with Crippen molar-refractivity contribution >= 4 is 0 Å². The molecule has 1 aliphatic heterocycles. The van der Waals surface area contributed by atoms with Gasteiger partial charge in [-0.15, -0.1) is 0 Å². The molecule has 1 aliphatic carbocycles. The number of aromatic nitrogens is 1. The van der Waals surface area contributed by atoms with E-state index < -0.39 is 5.92 Å². The molecule has 2 atom stereocenters. The quantitative estimate of drug-likeness (QED) is 0.487. The van der Waals surface area contributed by atoms with Crippen LogP contribution in [0.3, 0.4) is 0 Å². The minimum absolute atomic E-state index is 0.119. The standard InChI is InChI=1S/C23H36F2N2/c1-3-4-5-6-7-19-16-20(19)17-27-14-11-18-8-9-21(10-13-23(2,24)25)26-22(18)12-15-27/h8-9,19-20H,3-7,10-17H2,1-2H3. The molecule has 4 heteroatoms. The van der Waals surface area contributed by atoms with Crippen molar-refractivity contribution in [2.75, 3.05) is 19.6 Å². The second-order valence-electron chi connectivity index (χ2n) is 8.88. The summed E-state index contributed by atoms with van der Waals surface area (Å²) in [6.45, 7) is 6.67. The van der Waals surface area contributed by atoms with Crippen molar-refractivity contribution in [2.24, 2.45) is 11.8 Å². The lowest BCUT2D eigenvalue weighted by atomic mass is 10.1. The topological polar surface area (TPSA) is 16.1 Å². The number of fused-ring (bicyclic) bond motifs is 1. The van der Waals surface area contributed by atoms with Crippen molar-refractivity contribution < 1.29 is 8.78 Å². The minimum atomic E-state index is -2.61. The summed E-state index contributed by atoms with van der Waals surface area (Å²) in [5.74, 6) is -0.737. The van der Waals surface area contributed by atoms with E-state index in [1.165, 1.54) is 50.6 Å². The average molecular weight is 379 g/mol. The molecule has 1 fully saturated rings. The molecule has 2 unspecified atom stereocenters. The molecule has 2 aliphatic rings. The van der Waals surface area contributed by atoms with Crippen molar-refractivity contribution in [3.05, 3.63) is 29.1 Å². The van der Waals surface area contributed by atoms with Crippen molar-refractivity contribution in [3.8, 4) is 0 Å². The first-order valence-corrected chi connectivity index (χ1v) is 11.0. The molecule has 0 aromatic carbocycles. The molecule has 0 N–H and O–H groups in total. The molecule has 152 valence electrons. The summed E-state index contributed by atoms with van der Waals surface area (Å²) in [4.78, 5) is 7.33. The molecule has 0 bridgehead atoms. The van der Waals surface area contributed by atoms with Gasteiger partial charge in [0, 0.05) is 43.9 Å². The fourth-order valence-electron chi connectivity index (χ4n) is 4.40. The van der Waals surface area contributed by atoms with Gasteiger partial charge < -0.3 is 4.90 Å². The van der Waals surface area contributed by atoms with E-state index in [4.69, 9.17) is 4.98 Å². The fourth-order valence-corrected chi connectivity index (χ4v) is 4.40. The first kappa shape index (κ1) is 20.7. The number of alkyl halides is 2. The first-order valence-electron chi connectivity index (χ1n) is 11.0. The Balaban J connectivity index is 1.43. The lowest BCUT2D eigenvalue weighted by molar-refractivity contribution is 0.0130. The van der Waals surface area contributed by atoms with Gasteiger partial charge in [0.2, 0.25) is 5.92 Å². The maximum absolute atomic E-state index is 13.1. The molecule has 2 nitrogen and oxygen atoms in total. The molecule has 1 saturated carbocycles. The molecule has 3 rings (SSSR count). The van der Waals surface area contributed by atoms with Gasteiger partial charge in [-0.1, -0.05) is 45.1 Å². The zero-order valence-corrected chi connectivity index (χ0v) is 17.2. The average Bonchev–Trinajstić information content (AvgIpc) is 3.40. The highest BCUT2D eigenvalue weighted by molar-refractivity contribution is 5.25. The molecular formula is C23H36F2N2. The summed E-state index contributed by atoms with van der Waals surface area (Å²) >= 11 is 0. The summed E-state index contributed by atoms with van der Waals surface area (Å²) in [6, 6.07) is 4.08. The number of nitrogens with zero attached hydrogens (tertiary/aromatic N) is 2. The molecule has 0 amide bonds. The molecule has 2 heterocycles. The number of hydrogen-bond acceptors (Lipinski definition) is 2. The van der Waals surface area contributed by atoms with E-state index in [9.17, 15) is 8.78 Å². The third-order valence-corrected chi connectivity index (χ3v) is 6.30. The maximum Gasteiger partial charge on any atom is 0.245 e. The second-order valence-corrected chi connectivity index (χ2v) is 8.88. The van der Waals surface area contributed by atoms with Gasteiger partial charge in [-0.05, 0) is 49.7 Å². The van der Waals surface area contributed by atoms with Crippen LogP contribution in [-0.2, 0) is 19.3 Å². The molecule has 0 spiro atoms. The third kappa shape index (κ3) is 6.81. The predicted octanol–water partition coefficient (Wildman–Crippen LogP) is 5.68. The van der Waals surface area contributed by atoms with Crippen LogP contribution in [0.15, 0.2) is 12.1 Å². The van der Waals surface area contributed by atoms with Gasteiger partial charge in [0.1, 0.15) is 0 Å². The van der Waals surface area contributed by atoms with Gasteiger partial charge in [-0.2, -0.15) is 0 Å². The zero-order chi connectivity index (χ0) is 19.3. The highest BCUT2D eigenvalue weighted by Gasteiger charge is 2.37. The Morgan fingerprint density at radius 3 is 2.70 bits per heavy atom. The summed E-state index contributed by atoms with van der Waals surface area (Å²) in [5.41, 5.74) is 3.27. The fraction of sp³-hybridized carbons (Fsp3) is 0.783. The van der Waals surface area contributed by atoms with Crippen LogP contribution in [-0.4, -0.2) is 35.4 Å². The van der Waals surface area contributed by atoms with Crippen LogP contribution >= 0.6 is 0 Å². The summed E-state index contributed by atoms with van der Waals surface area (Å²) in [5, 5.41) is 0. The van der Waals surface area contributed by atoms with E-state index >= 15 is 0 Å². The van der Waals surface area contributed by atoms with E-state index in [-0.39, 0.29) is 6.42 Å². The lowest BCUT2D eigenvalue weighted by Crippen LogP contribution is -2.29. The summed E-state index contributed by atoms with van der Waals surface area (Å²) < 4.78 is 26.2. The van der Waals surface area contributed by atoms with Crippen LogP contribution in [0.25, 0.3) is 0 Å². The first-order chi connectivity index (χ1) is 12.9. The van der Waals surface area contributed by atoms with E-state index in [1.807, 2.05) is 6.07 Å². The Bertz CT molecular complexity index is 597. The minimum Gasteiger partial charge on any atom is -0.302 e. The smallest absolute Gasteiger partial charge is 0.245 e. The van der Waals surface area contributed by atoms with Crippen molar-refractivity contribution in [1.82, 2.24) is 9.88 Å². The Labute approximate surface area is 163 Å². The van der Waals surface area contributed by atoms with Crippen LogP contribution in [0.4, 0.5) is 8.78 Å². The van der Waals surface area contributed by atoms with Crippen LogP contribution in [0, 0.1) is 11.8 Å². The van der Waals surface area contributed by atoms with Gasteiger partial charge in [-0.25, -0.2) is 8.78 Å². The second kappa shape index (κ2) is 9.45. The number of pyridine rings is 1. The predicted molar refractivity (Wildman–Crippen MR) is 107 cm³/mol. The number of rotatable bonds is 10. The molecule has 1 aromatic rings. The maximum atomic E-state index is 13.1. The van der Waals surface area contributed by atoms with Crippen LogP contribution in [0.5, 0.6) is 0 Å². The van der Waals surface area contributed by atoms with Crippen molar-refractivity contribution in [2.45, 2.75) is 84.0 Å². The Kier molecular flexibility index (Phi) is 7.24. The molecular weight excluding hydrogens is 342 g/mol. The normalized spacial score (nSPS) is 23.1. The van der Waals surface area contributed by atoms with E-state index in [2.05, 4.69) is 17.9 Å². The van der Waals surface area contributed by atoms with Crippen LogP contribution < -0.4 is 0 Å². The molecule has 0 saturated heterocycles. The number of hydrogen-bond donors (Lipinski definition) is 0. The van der Waals surface area contributed by atoms with Crippen molar-refractivity contribution in [1.29, 1.82) is 0 Å².